The summed E-state index contributed by atoms with van der Waals surface area (Å²) in [6.45, 7) is 4.09. The molecule has 7 heteroatoms. The molecule has 0 saturated carbocycles. The van der Waals surface area contributed by atoms with Gasteiger partial charge in [0.25, 0.3) is 0 Å². The van der Waals surface area contributed by atoms with Gasteiger partial charge in [-0.1, -0.05) is 6.08 Å². The molecule has 3 rings (SSSR count). The molecule has 0 spiro atoms. The first kappa shape index (κ1) is 17.0. The van der Waals surface area contributed by atoms with Crippen molar-refractivity contribution >= 4 is 11.9 Å². The van der Waals surface area contributed by atoms with Crippen LogP contribution >= 0.6 is 0 Å². The van der Waals surface area contributed by atoms with Crippen LogP contribution in [-0.2, 0) is 19.1 Å². The Balaban J connectivity index is 1.63. The summed E-state index contributed by atoms with van der Waals surface area (Å²) >= 11 is 0. The highest BCUT2D eigenvalue weighted by Gasteiger charge is 2.42. The van der Waals surface area contributed by atoms with E-state index in [-0.39, 0.29) is 30.3 Å². The van der Waals surface area contributed by atoms with Gasteiger partial charge in [-0.15, -0.1) is 0 Å². The molecule has 1 saturated heterocycles. The molecule has 1 amide bonds. The first-order valence-corrected chi connectivity index (χ1v) is 8.38. The smallest absolute Gasteiger partial charge is 0.337 e. The normalized spacial score (nSPS) is 27.0. The van der Waals surface area contributed by atoms with Crippen molar-refractivity contribution in [3.63, 3.8) is 0 Å². The molecule has 7 nitrogen and oxygen atoms in total. The van der Waals surface area contributed by atoms with Gasteiger partial charge < -0.3 is 19.5 Å². The lowest BCUT2D eigenvalue weighted by atomic mass is 9.84. The number of allylic oxidation sites excluding steroid dienone is 1. The number of nitrogens with zero attached hydrogens (tertiary/aromatic N) is 2. The zero-order valence-electron chi connectivity index (χ0n) is 13.9. The second-order valence-corrected chi connectivity index (χ2v) is 6.36. The van der Waals surface area contributed by atoms with Crippen LogP contribution in [0, 0.1) is 11.8 Å². The lowest BCUT2D eigenvalue weighted by Gasteiger charge is -2.36. The molecule has 1 fully saturated rings. The van der Waals surface area contributed by atoms with Crippen molar-refractivity contribution < 1.29 is 24.2 Å². The predicted octanol–water partition coefficient (Wildman–Crippen LogP) is -0.227. The Morgan fingerprint density at radius 1 is 1.25 bits per heavy atom. The third-order valence-electron chi connectivity index (χ3n) is 5.11. The van der Waals surface area contributed by atoms with Gasteiger partial charge >= 0.3 is 5.97 Å². The molecule has 1 N–H and O–H groups in total. The average molecular weight is 336 g/mol. The number of carbonyl (C=O) groups excluding carboxylic acids is 2. The van der Waals surface area contributed by atoms with Crippen LogP contribution in [0.4, 0.5) is 0 Å². The molecule has 2 atom stereocenters. The van der Waals surface area contributed by atoms with Gasteiger partial charge in [-0.3, -0.25) is 9.69 Å². The summed E-state index contributed by atoms with van der Waals surface area (Å²) < 4.78 is 10.2. The molecule has 2 heterocycles. The highest BCUT2D eigenvalue weighted by atomic mass is 16.5. The number of piperazine rings is 1. The lowest BCUT2D eigenvalue weighted by molar-refractivity contribution is -0.138. The van der Waals surface area contributed by atoms with E-state index in [4.69, 9.17) is 14.6 Å². The molecule has 3 aliphatic rings. The Hall–Kier alpha value is -1.86. The van der Waals surface area contributed by atoms with E-state index in [0.29, 0.717) is 38.2 Å². The highest BCUT2D eigenvalue weighted by molar-refractivity contribution is 5.96. The number of esters is 1. The number of β-amino-alcohol motifs (C(OH)–C–C–N with tert-alkyl or cyclic N) is 1. The number of hydrogen-bond donors (Lipinski definition) is 1. The minimum absolute atomic E-state index is 0.0270. The Kier molecular flexibility index (Phi) is 5.20. The van der Waals surface area contributed by atoms with Crippen molar-refractivity contribution in [3.05, 3.63) is 23.5 Å². The van der Waals surface area contributed by atoms with Gasteiger partial charge in [0.2, 0.25) is 5.91 Å². The van der Waals surface area contributed by atoms with Crippen molar-refractivity contribution in [2.45, 2.75) is 6.42 Å². The fraction of sp³-hybridized carbons (Fsp3) is 0.647. The summed E-state index contributed by atoms with van der Waals surface area (Å²) in [7, 11) is 1.35. The molecule has 1 aliphatic carbocycles. The van der Waals surface area contributed by atoms with Crippen molar-refractivity contribution in [2.75, 3.05) is 53.0 Å². The second-order valence-electron chi connectivity index (χ2n) is 6.36. The van der Waals surface area contributed by atoms with E-state index in [1.54, 1.807) is 0 Å². The largest absolute Gasteiger partial charge is 0.500 e. The molecule has 132 valence electrons. The molecule has 0 aromatic rings. The van der Waals surface area contributed by atoms with E-state index in [9.17, 15) is 9.59 Å². The maximum absolute atomic E-state index is 12.9. The van der Waals surface area contributed by atoms with E-state index in [0.717, 1.165) is 18.7 Å². The molecule has 0 aromatic carbocycles. The first-order valence-electron chi connectivity index (χ1n) is 8.38. The van der Waals surface area contributed by atoms with Gasteiger partial charge in [0, 0.05) is 50.1 Å². The fourth-order valence-electron chi connectivity index (χ4n) is 3.73. The maximum atomic E-state index is 12.9. The zero-order valence-corrected chi connectivity index (χ0v) is 13.9. The number of rotatable bonds is 4. The maximum Gasteiger partial charge on any atom is 0.337 e. The number of aliphatic hydroxyl groups excluding tert-OH is 1. The van der Waals surface area contributed by atoms with Crippen LogP contribution in [0.5, 0.6) is 0 Å². The third-order valence-corrected chi connectivity index (χ3v) is 5.11. The van der Waals surface area contributed by atoms with E-state index < -0.39 is 0 Å². The van der Waals surface area contributed by atoms with E-state index >= 15 is 0 Å². The van der Waals surface area contributed by atoms with Crippen LogP contribution in [0.2, 0.25) is 0 Å². The van der Waals surface area contributed by atoms with Crippen LogP contribution in [0.1, 0.15) is 6.42 Å². The van der Waals surface area contributed by atoms with Crippen LogP contribution in [-0.4, -0.2) is 79.8 Å². The summed E-state index contributed by atoms with van der Waals surface area (Å²) in [6, 6.07) is 0. The summed E-state index contributed by atoms with van der Waals surface area (Å²) in [5, 5.41) is 9.00. The lowest BCUT2D eigenvalue weighted by Crippen LogP contribution is -2.50. The summed E-state index contributed by atoms with van der Waals surface area (Å²) in [5.41, 5.74) is 1.27. The van der Waals surface area contributed by atoms with Crippen LogP contribution < -0.4 is 0 Å². The summed E-state index contributed by atoms with van der Waals surface area (Å²) in [5.74, 6) is -0.446. The monoisotopic (exact) mass is 336 g/mol. The van der Waals surface area contributed by atoms with E-state index in [2.05, 4.69) is 4.90 Å². The van der Waals surface area contributed by atoms with Crippen molar-refractivity contribution in [1.29, 1.82) is 0 Å². The SMILES string of the molecule is COC(=O)C1=COCC2C(C(=O)N3CCN(CCO)CC3)=CCC12. The molecule has 0 bridgehead atoms. The van der Waals surface area contributed by atoms with Gasteiger partial charge in [0.1, 0.15) is 0 Å². The third kappa shape index (κ3) is 3.18. The molecule has 2 unspecified atom stereocenters. The standard InChI is InChI=1S/C17H24N2O5/c1-23-17(22)15-11-24-10-14-12(15)2-3-13(14)16(21)19-6-4-18(5-7-19)8-9-20/h3,11-12,14,20H,2,4-10H2,1H3. The Bertz CT molecular complexity index is 563. The Labute approximate surface area is 141 Å². The number of ether oxygens (including phenoxy) is 2. The van der Waals surface area contributed by atoms with Gasteiger partial charge in [-0.05, 0) is 6.42 Å². The number of amides is 1. The van der Waals surface area contributed by atoms with Crippen LogP contribution in [0.25, 0.3) is 0 Å². The number of hydrogen-bond acceptors (Lipinski definition) is 6. The fourth-order valence-corrected chi connectivity index (χ4v) is 3.73. The zero-order chi connectivity index (χ0) is 17.1. The molecule has 24 heavy (non-hydrogen) atoms. The van der Waals surface area contributed by atoms with Crippen LogP contribution in [0.15, 0.2) is 23.5 Å². The number of methoxy groups -OCH3 is 1. The minimum atomic E-state index is -0.385. The predicted molar refractivity (Wildman–Crippen MR) is 85.8 cm³/mol. The van der Waals surface area contributed by atoms with E-state index in [1.165, 1.54) is 13.4 Å². The first-order chi connectivity index (χ1) is 11.7. The van der Waals surface area contributed by atoms with Gasteiger partial charge in [0.05, 0.1) is 32.2 Å². The Morgan fingerprint density at radius 3 is 2.67 bits per heavy atom. The van der Waals surface area contributed by atoms with Gasteiger partial charge in [-0.2, -0.15) is 0 Å². The number of aliphatic hydroxyl groups is 1. The quantitative estimate of drug-likeness (QED) is 0.715. The molecule has 0 radical (unpaired) electrons. The van der Waals surface area contributed by atoms with Crippen molar-refractivity contribution in [3.8, 4) is 0 Å². The van der Waals surface area contributed by atoms with Crippen molar-refractivity contribution in [2.24, 2.45) is 11.8 Å². The minimum Gasteiger partial charge on any atom is -0.500 e. The summed E-state index contributed by atoms with van der Waals surface area (Å²) in [6.07, 6.45) is 4.09. The van der Waals surface area contributed by atoms with Gasteiger partial charge in [0.15, 0.2) is 0 Å². The van der Waals surface area contributed by atoms with Gasteiger partial charge in [-0.25, -0.2) is 4.79 Å². The average Bonchev–Trinajstić information content (AvgIpc) is 3.05. The number of fused-ring (bicyclic) bond motifs is 1. The van der Waals surface area contributed by atoms with Crippen molar-refractivity contribution in [1.82, 2.24) is 9.80 Å². The molecule has 2 aliphatic heterocycles. The van der Waals surface area contributed by atoms with E-state index in [1.807, 2.05) is 11.0 Å². The molecule has 0 aromatic heterocycles. The molecular weight excluding hydrogens is 312 g/mol. The topological polar surface area (TPSA) is 79.3 Å². The number of carbonyl (C=O) groups is 2. The summed E-state index contributed by atoms with van der Waals surface area (Å²) in [4.78, 5) is 28.7. The second kappa shape index (κ2) is 7.36. The Morgan fingerprint density at radius 2 is 2.00 bits per heavy atom. The molecular formula is C17H24N2O5. The van der Waals surface area contributed by atoms with Crippen LogP contribution in [0.3, 0.4) is 0 Å². The highest BCUT2D eigenvalue weighted by Crippen LogP contribution is 2.40.